The molecule has 0 heterocycles. The Labute approximate surface area is 123 Å². The molecule has 0 aliphatic heterocycles. The smallest absolute Gasteiger partial charge is 0.123 e. The molecule has 0 fully saturated rings. The third-order valence-corrected chi connectivity index (χ3v) is 4.51. The molecule has 1 atom stereocenters. The Morgan fingerprint density at radius 2 is 2.05 bits per heavy atom. The quantitative estimate of drug-likeness (QED) is 0.884. The minimum Gasteiger partial charge on any atom is -0.321 e. The van der Waals surface area contributed by atoms with Crippen LogP contribution in [0.4, 0.5) is 4.39 Å². The summed E-state index contributed by atoms with van der Waals surface area (Å²) < 4.78 is 13.3. The Hall–Kier alpha value is -1.38. The van der Waals surface area contributed by atoms with Gasteiger partial charge in [0.05, 0.1) is 0 Å². The first-order chi connectivity index (χ1) is 9.48. The van der Waals surface area contributed by atoms with Crippen LogP contribution < -0.4 is 5.73 Å². The van der Waals surface area contributed by atoms with Crippen LogP contribution in [0.5, 0.6) is 0 Å². The Balaban J connectivity index is 1.96. The molecule has 0 amide bonds. The fourth-order valence-corrected chi connectivity index (χ4v) is 3.37. The van der Waals surface area contributed by atoms with Gasteiger partial charge in [0.25, 0.3) is 0 Å². The predicted octanol–water partition coefficient (Wildman–Crippen LogP) is 4.13. The van der Waals surface area contributed by atoms with Gasteiger partial charge in [-0.15, -0.1) is 0 Å². The molecular weight excluding hydrogens is 273 g/mol. The van der Waals surface area contributed by atoms with Crippen LogP contribution in [-0.2, 0) is 18.4 Å². The number of rotatable bonds is 2. The van der Waals surface area contributed by atoms with Gasteiger partial charge in [-0.25, -0.2) is 4.39 Å². The normalized spacial score (nSPS) is 21.0. The van der Waals surface area contributed by atoms with E-state index in [9.17, 15) is 4.39 Å². The van der Waals surface area contributed by atoms with Crippen molar-refractivity contribution >= 4 is 11.6 Å². The second-order valence-corrected chi connectivity index (χ2v) is 6.14. The number of aryl methyl sites for hydroxylation is 2. The van der Waals surface area contributed by atoms with Crippen LogP contribution in [0, 0.1) is 12.7 Å². The highest BCUT2D eigenvalue weighted by atomic mass is 35.5. The predicted molar refractivity (Wildman–Crippen MR) is 80.5 cm³/mol. The molecule has 0 spiro atoms. The zero-order chi connectivity index (χ0) is 14.3. The van der Waals surface area contributed by atoms with Crippen LogP contribution in [0.15, 0.2) is 36.4 Å². The molecule has 0 bridgehead atoms. The van der Waals surface area contributed by atoms with Gasteiger partial charge in [0.1, 0.15) is 5.82 Å². The van der Waals surface area contributed by atoms with Crippen molar-refractivity contribution in [2.75, 3.05) is 0 Å². The van der Waals surface area contributed by atoms with Crippen molar-refractivity contribution in [1.82, 2.24) is 0 Å². The fourth-order valence-electron chi connectivity index (χ4n) is 3.07. The molecule has 0 saturated heterocycles. The summed E-state index contributed by atoms with van der Waals surface area (Å²) in [6, 6.07) is 10.9. The summed E-state index contributed by atoms with van der Waals surface area (Å²) in [7, 11) is 0. The zero-order valence-electron chi connectivity index (χ0n) is 11.4. The zero-order valence-corrected chi connectivity index (χ0v) is 12.2. The van der Waals surface area contributed by atoms with Crippen molar-refractivity contribution in [3.63, 3.8) is 0 Å². The van der Waals surface area contributed by atoms with Gasteiger partial charge in [-0.2, -0.15) is 0 Å². The molecule has 2 N–H and O–H groups in total. The molecule has 0 radical (unpaired) electrons. The number of halogens is 2. The van der Waals surface area contributed by atoms with Gasteiger partial charge in [0, 0.05) is 10.6 Å². The highest BCUT2D eigenvalue weighted by Gasteiger charge is 2.35. The highest BCUT2D eigenvalue weighted by Crippen LogP contribution is 2.38. The Kier molecular flexibility index (Phi) is 3.31. The molecule has 0 aromatic heterocycles. The lowest BCUT2D eigenvalue weighted by atomic mass is 9.86. The van der Waals surface area contributed by atoms with E-state index in [1.165, 1.54) is 6.07 Å². The highest BCUT2D eigenvalue weighted by molar-refractivity contribution is 6.31. The summed E-state index contributed by atoms with van der Waals surface area (Å²) in [6.45, 7) is 2.02. The Bertz CT molecular complexity index is 668. The molecule has 1 unspecified atom stereocenters. The van der Waals surface area contributed by atoms with E-state index in [-0.39, 0.29) is 5.82 Å². The van der Waals surface area contributed by atoms with Gasteiger partial charge in [0.15, 0.2) is 0 Å². The first kappa shape index (κ1) is 13.6. The van der Waals surface area contributed by atoms with Crippen LogP contribution in [0.25, 0.3) is 0 Å². The Morgan fingerprint density at radius 1 is 1.25 bits per heavy atom. The average Bonchev–Trinajstić information content (AvgIpc) is 2.70. The summed E-state index contributed by atoms with van der Waals surface area (Å²) in [6.07, 6.45) is 2.34. The number of fused-ring (bicyclic) bond motifs is 1. The van der Waals surface area contributed by atoms with Crippen LogP contribution in [0.2, 0.25) is 5.02 Å². The second kappa shape index (κ2) is 4.87. The summed E-state index contributed by atoms with van der Waals surface area (Å²) in [5.74, 6) is -0.193. The maximum Gasteiger partial charge on any atom is 0.123 e. The second-order valence-electron chi connectivity index (χ2n) is 5.73. The van der Waals surface area contributed by atoms with Crippen molar-refractivity contribution in [2.45, 2.75) is 31.7 Å². The van der Waals surface area contributed by atoms with E-state index in [1.54, 1.807) is 6.07 Å². The third-order valence-electron chi connectivity index (χ3n) is 4.16. The van der Waals surface area contributed by atoms with Gasteiger partial charge in [-0.05, 0) is 66.6 Å². The minimum absolute atomic E-state index is 0.193. The molecule has 2 aromatic rings. The van der Waals surface area contributed by atoms with Gasteiger partial charge in [0.2, 0.25) is 0 Å². The molecule has 3 heteroatoms. The van der Waals surface area contributed by atoms with E-state index in [1.807, 2.05) is 31.2 Å². The van der Waals surface area contributed by atoms with Crippen molar-refractivity contribution in [1.29, 1.82) is 0 Å². The van der Waals surface area contributed by atoms with Crippen LogP contribution in [0.3, 0.4) is 0 Å². The summed E-state index contributed by atoms with van der Waals surface area (Å²) in [4.78, 5) is 0. The first-order valence-electron chi connectivity index (χ1n) is 6.81. The van der Waals surface area contributed by atoms with E-state index in [2.05, 4.69) is 0 Å². The van der Waals surface area contributed by atoms with E-state index in [0.717, 1.165) is 40.1 Å². The lowest BCUT2D eigenvalue weighted by Crippen LogP contribution is -2.36. The number of benzene rings is 2. The van der Waals surface area contributed by atoms with Crippen molar-refractivity contribution in [3.05, 3.63) is 69.5 Å². The van der Waals surface area contributed by atoms with Crippen LogP contribution in [-0.4, -0.2) is 0 Å². The molecule has 0 saturated carbocycles. The van der Waals surface area contributed by atoms with Gasteiger partial charge < -0.3 is 5.73 Å². The summed E-state index contributed by atoms with van der Waals surface area (Å²) >= 11 is 6.31. The maximum absolute atomic E-state index is 13.3. The Morgan fingerprint density at radius 3 is 2.80 bits per heavy atom. The van der Waals surface area contributed by atoms with Crippen LogP contribution >= 0.6 is 11.6 Å². The van der Waals surface area contributed by atoms with Crippen molar-refractivity contribution in [2.24, 2.45) is 5.73 Å². The van der Waals surface area contributed by atoms with Crippen molar-refractivity contribution < 1.29 is 4.39 Å². The lowest BCUT2D eigenvalue weighted by Gasteiger charge is -2.26. The van der Waals surface area contributed by atoms with Crippen molar-refractivity contribution in [3.8, 4) is 0 Å². The number of nitrogens with two attached hydrogens (primary N) is 1. The average molecular weight is 290 g/mol. The molecule has 1 nitrogen and oxygen atoms in total. The number of hydrogen-bond donors (Lipinski definition) is 1. The SMILES string of the molecule is Cc1ccc(CC2(N)CCc3cc(F)ccc32)c(Cl)c1. The number of hydrogen-bond acceptors (Lipinski definition) is 1. The van der Waals surface area contributed by atoms with Gasteiger partial charge in [-0.3, -0.25) is 0 Å². The summed E-state index contributed by atoms with van der Waals surface area (Å²) in [5.41, 5.74) is 10.4. The maximum atomic E-state index is 13.3. The third kappa shape index (κ3) is 2.34. The first-order valence-corrected chi connectivity index (χ1v) is 7.18. The lowest BCUT2D eigenvalue weighted by molar-refractivity contribution is 0.439. The van der Waals surface area contributed by atoms with E-state index < -0.39 is 5.54 Å². The molecule has 2 aromatic carbocycles. The minimum atomic E-state index is -0.443. The van der Waals surface area contributed by atoms with Gasteiger partial charge >= 0.3 is 0 Å². The van der Waals surface area contributed by atoms with Crippen LogP contribution in [0.1, 0.15) is 28.7 Å². The molecule has 1 aliphatic rings. The largest absolute Gasteiger partial charge is 0.321 e. The molecule has 1 aliphatic carbocycles. The summed E-state index contributed by atoms with van der Waals surface area (Å²) in [5, 5.41) is 0.755. The topological polar surface area (TPSA) is 26.0 Å². The molecule has 20 heavy (non-hydrogen) atoms. The van der Waals surface area contributed by atoms with E-state index in [0.29, 0.717) is 6.42 Å². The monoisotopic (exact) mass is 289 g/mol. The van der Waals surface area contributed by atoms with E-state index in [4.69, 9.17) is 17.3 Å². The molecule has 104 valence electrons. The standard InChI is InChI=1S/C17H17ClFN/c1-11-2-3-13(16(18)8-11)10-17(20)7-6-12-9-14(19)4-5-15(12)17/h2-5,8-9H,6-7,10,20H2,1H3. The van der Waals surface area contributed by atoms with E-state index >= 15 is 0 Å². The molecule has 3 rings (SSSR count). The molecular formula is C17H17ClFN. The van der Waals surface area contributed by atoms with Gasteiger partial charge in [-0.1, -0.05) is 29.8 Å². The fraction of sp³-hybridized carbons (Fsp3) is 0.294.